The average molecular weight is 353 g/mol. The topological polar surface area (TPSA) is 53.5 Å². The van der Waals surface area contributed by atoms with Gasteiger partial charge < -0.3 is 9.80 Å². The summed E-state index contributed by atoms with van der Waals surface area (Å²) in [6.07, 6.45) is 1.71. The summed E-state index contributed by atoms with van der Waals surface area (Å²) in [5, 5.41) is 0. The van der Waals surface area contributed by atoms with E-state index < -0.39 is 15.6 Å². The lowest BCUT2D eigenvalue weighted by Crippen LogP contribution is -2.47. The molecule has 2 heterocycles. The van der Waals surface area contributed by atoms with Gasteiger partial charge in [-0.1, -0.05) is 18.2 Å². The minimum atomic E-state index is -4.62. The van der Waals surface area contributed by atoms with Crippen molar-refractivity contribution in [3.05, 3.63) is 48.7 Å². The van der Waals surface area contributed by atoms with Crippen molar-refractivity contribution < 1.29 is 17.2 Å². The molecule has 1 saturated heterocycles. The van der Waals surface area contributed by atoms with Crippen LogP contribution < -0.4 is 9.80 Å². The lowest BCUT2D eigenvalue weighted by Gasteiger charge is -2.37. The van der Waals surface area contributed by atoms with E-state index in [2.05, 4.69) is 9.88 Å². The van der Waals surface area contributed by atoms with Gasteiger partial charge in [0.05, 0.1) is 10.6 Å². The highest BCUT2D eigenvalue weighted by molar-refractivity contribution is 7.91. The molecule has 1 aromatic carbocycles. The van der Waals surface area contributed by atoms with Crippen LogP contribution in [-0.2, 0) is 9.84 Å². The number of halogens is 2. The largest absolute Gasteiger partial charge is 0.367 e. The van der Waals surface area contributed by atoms with Crippen molar-refractivity contribution in [2.24, 2.45) is 0 Å². The van der Waals surface area contributed by atoms with Gasteiger partial charge in [0, 0.05) is 32.4 Å². The van der Waals surface area contributed by atoms with Crippen LogP contribution in [0.2, 0.25) is 0 Å². The Hall–Kier alpha value is -2.22. The summed E-state index contributed by atoms with van der Waals surface area (Å²) in [5.41, 5.74) is 0.332. The first-order valence-electron chi connectivity index (χ1n) is 7.52. The van der Waals surface area contributed by atoms with Gasteiger partial charge in [0.15, 0.2) is 0 Å². The van der Waals surface area contributed by atoms with Crippen molar-refractivity contribution in [3.8, 4) is 0 Å². The summed E-state index contributed by atoms with van der Waals surface area (Å²) in [6, 6.07) is 11.6. The van der Waals surface area contributed by atoms with Gasteiger partial charge in [0.1, 0.15) is 5.82 Å². The van der Waals surface area contributed by atoms with Crippen LogP contribution in [0.3, 0.4) is 0 Å². The SMILES string of the molecule is O=S(=O)(c1ccccc1N1CCN(c2ccccn2)CC1)C(F)F. The number of anilines is 2. The van der Waals surface area contributed by atoms with Crippen LogP contribution in [-0.4, -0.2) is 45.3 Å². The Bertz CT molecular complexity index is 792. The van der Waals surface area contributed by atoms with E-state index in [1.165, 1.54) is 12.1 Å². The summed E-state index contributed by atoms with van der Waals surface area (Å²) >= 11 is 0. The molecule has 128 valence electrons. The Kier molecular flexibility index (Phi) is 4.66. The number of hydrogen-bond donors (Lipinski definition) is 0. The summed E-state index contributed by atoms with van der Waals surface area (Å²) in [6.45, 7) is 2.35. The van der Waals surface area contributed by atoms with E-state index in [0.29, 0.717) is 31.9 Å². The Labute approximate surface area is 139 Å². The molecule has 0 amide bonds. The van der Waals surface area contributed by atoms with Gasteiger partial charge in [-0.2, -0.15) is 8.78 Å². The molecule has 0 bridgehead atoms. The van der Waals surface area contributed by atoms with Crippen LogP contribution in [0.25, 0.3) is 0 Å². The summed E-state index contributed by atoms with van der Waals surface area (Å²) in [7, 11) is -4.62. The Morgan fingerprint density at radius 1 is 0.917 bits per heavy atom. The first kappa shape index (κ1) is 16.6. The molecule has 5 nitrogen and oxygen atoms in total. The first-order valence-corrected chi connectivity index (χ1v) is 9.07. The maximum absolute atomic E-state index is 12.9. The lowest BCUT2D eigenvalue weighted by atomic mass is 10.2. The molecule has 0 unspecified atom stereocenters. The molecule has 1 aromatic heterocycles. The fraction of sp³-hybridized carbons (Fsp3) is 0.312. The van der Waals surface area contributed by atoms with Crippen LogP contribution in [0, 0.1) is 0 Å². The van der Waals surface area contributed by atoms with Gasteiger partial charge in [0.2, 0.25) is 9.84 Å². The maximum Gasteiger partial charge on any atom is 0.341 e. The highest BCUT2D eigenvalue weighted by Gasteiger charge is 2.31. The Balaban J connectivity index is 1.81. The van der Waals surface area contributed by atoms with Crippen molar-refractivity contribution in [1.29, 1.82) is 0 Å². The highest BCUT2D eigenvalue weighted by atomic mass is 32.2. The zero-order chi connectivity index (χ0) is 17.2. The van der Waals surface area contributed by atoms with E-state index in [1.54, 1.807) is 18.3 Å². The molecule has 0 atom stereocenters. The highest BCUT2D eigenvalue weighted by Crippen LogP contribution is 2.30. The molecule has 1 aliphatic heterocycles. The van der Waals surface area contributed by atoms with Gasteiger partial charge in [0.25, 0.3) is 0 Å². The number of rotatable bonds is 4. The standard InChI is InChI=1S/C16H17F2N3O2S/c17-16(18)24(22,23)14-6-2-1-5-13(14)20-9-11-21(12-10-20)15-7-3-4-8-19-15/h1-8,16H,9-12H2. The smallest absolute Gasteiger partial charge is 0.341 e. The third kappa shape index (κ3) is 3.19. The third-order valence-electron chi connectivity index (χ3n) is 4.00. The number of hydrogen-bond acceptors (Lipinski definition) is 5. The quantitative estimate of drug-likeness (QED) is 0.845. The van der Waals surface area contributed by atoms with Crippen LogP contribution in [0.1, 0.15) is 0 Å². The molecule has 8 heteroatoms. The predicted molar refractivity (Wildman–Crippen MR) is 88.3 cm³/mol. The minimum absolute atomic E-state index is 0.314. The van der Waals surface area contributed by atoms with Crippen molar-refractivity contribution in [2.75, 3.05) is 36.0 Å². The Morgan fingerprint density at radius 2 is 1.54 bits per heavy atom. The lowest BCUT2D eigenvalue weighted by molar-refractivity contribution is 0.235. The molecule has 1 fully saturated rings. The number of alkyl halides is 2. The molecule has 0 spiro atoms. The van der Waals surface area contributed by atoms with E-state index in [1.807, 2.05) is 23.1 Å². The van der Waals surface area contributed by atoms with E-state index in [9.17, 15) is 17.2 Å². The molecule has 3 rings (SSSR count). The van der Waals surface area contributed by atoms with Gasteiger partial charge >= 0.3 is 5.76 Å². The zero-order valence-corrected chi connectivity index (χ0v) is 13.7. The fourth-order valence-electron chi connectivity index (χ4n) is 2.77. The monoisotopic (exact) mass is 353 g/mol. The molecule has 0 N–H and O–H groups in total. The number of para-hydroxylation sites is 1. The zero-order valence-electron chi connectivity index (χ0n) is 12.8. The second-order valence-electron chi connectivity index (χ2n) is 5.44. The number of nitrogens with zero attached hydrogens (tertiary/aromatic N) is 3. The molecular weight excluding hydrogens is 336 g/mol. The van der Waals surface area contributed by atoms with Gasteiger partial charge in [-0.15, -0.1) is 0 Å². The normalized spacial score (nSPS) is 15.8. The van der Waals surface area contributed by atoms with Crippen LogP contribution >= 0.6 is 0 Å². The molecule has 24 heavy (non-hydrogen) atoms. The van der Waals surface area contributed by atoms with E-state index in [0.717, 1.165) is 5.82 Å². The van der Waals surface area contributed by atoms with E-state index in [4.69, 9.17) is 0 Å². The van der Waals surface area contributed by atoms with Crippen molar-refractivity contribution >= 4 is 21.3 Å². The fourth-order valence-corrected chi connectivity index (χ4v) is 3.72. The second-order valence-corrected chi connectivity index (χ2v) is 7.32. The van der Waals surface area contributed by atoms with Crippen LogP contribution in [0.4, 0.5) is 20.3 Å². The number of benzene rings is 1. The van der Waals surface area contributed by atoms with Crippen LogP contribution in [0.15, 0.2) is 53.6 Å². The number of pyridine rings is 1. The van der Waals surface area contributed by atoms with Crippen molar-refractivity contribution in [1.82, 2.24) is 4.98 Å². The maximum atomic E-state index is 12.9. The number of aromatic nitrogens is 1. The molecule has 2 aromatic rings. The summed E-state index contributed by atoms with van der Waals surface area (Å²) < 4.78 is 49.6. The molecule has 0 saturated carbocycles. The van der Waals surface area contributed by atoms with Gasteiger partial charge in [-0.25, -0.2) is 13.4 Å². The van der Waals surface area contributed by atoms with Gasteiger partial charge in [-0.3, -0.25) is 0 Å². The van der Waals surface area contributed by atoms with Crippen molar-refractivity contribution in [3.63, 3.8) is 0 Å². The van der Waals surface area contributed by atoms with Gasteiger partial charge in [-0.05, 0) is 24.3 Å². The van der Waals surface area contributed by atoms with E-state index in [-0.39, 0.29) is 4.90 Å². The second kappa shape index (κ2) is 6.72. The molecule has 1 aliphatic rings. The van der Waals surface area contributed by atoms with Crippen molar-refractivity contribution in [2.45, 2.75) is 10.7 Å². The first-order chi connectivity index (χ1) is 11.5. The molecular formula is C16H17F2N3O2S. The Morgan fingerprint density at radius 3 is 2.17 bits per heavy atom. The molecule has 0 aliphatic carbocycles. The summed E-state index contributed by atoms with van der Waals surface area (Å²) in [4.78, 5) is 7.89. The van der Waals surface area contributed by atoms with E-state index >= 15 is 0 Å². The summed E-state index contributed by atoms with van der Waals surface area (Å²) in [5.74, 6) is -2.57. The van der Waals surface area contributed by atoms with Crippen LogP contribution in [0.5, 0.6) is 0 Å². The average Bonchev–Trinajstić information content (AvgIpc) is 2.62. The third-order valence-corrected chi connectivity index (χ3v) is 5.43. The number of sulfone groups is 1. The predicted octanol–water partition coefficient (Wildman–Crippen LogP) is 2.40. The minimum Gasteiger partial charge on any atom is -0.367 e. The number of piperazine rings is 1. The molecule has 0 radical (unpaired) electrons.